The van der Waals surface area contributed by atoms with Gasteiger partial charge in [0.1, 0.15) is 24.8 Å². The van der Waals surface area contributed by atoms with Gasteiger partial charge in [-0.1, -0.05) is 26.7 Å². The lowest BCUT2D eigenvalue weighted by Crippen LogP contribution is -2.23. The number of nitriles is 1. The van der Waals surface area contributed by atoms with Crippen molar-refractivity contribution < 1.29 is 19.0 Å². The molecule has 0 N–H and O–H groups in total. The number of aliphatic carboxylic acids is 1. The Balaban J connectivity index is 0. The van der Waals surface area contributed by atoms with Crippen LogP contribution in [0.4, 0.5) is 0 Å². The van der Waals surface area contributed by atoms with Gasteiger partial charge in [-0.25, -0.2) is 18.3 Å². The molecule has 0 amide bonds. The standard InChI is InChI=1S/2C8H15N2.C2N3.C2H4O2/c2*1-3-4-5-10-7-6-9(2)8-10;3-1-5-2-4;1-2(3)4/h2*6-8H,3-5H2,1-2H3;;1H3,(H,3,4)/q2*+1;-1;/p-1. The summed E-state index contributed by atoms with van der Waals surface area (Å²) >= 11 is 0. The Kier molecular flexibility index (Phi) is 18.8. The lowest BCUT2D eigenvalue weighted by Gasteiger charge is -1.90. The summed E-state index contributed by atoms with van der Waals surface area (Å²) in [4.78, 5) is 11.5. The van der Waals surface area contributed by atoms with Crippen LogP contribution in [0.3, 0.4) is 0 Å². The maximum atomic E-state index is 8.89. The van der Waals surface area contributed by atoms with Crippen LogP contribution in [-0.2, 0) is 32.0 Å². The van der Waals surface area contributed by atoms with E-state index in [1.807, 2.05) is 14.1 Å². The number of unbranched alkanes of at least 4 members (excludes halogenated alkanes) is 2. The summed E-state index contributed by atoms with van der Waals surface area (Å²) in [5.74, 6) is -1.08. The maximum Gasteiger partial charge on any atom is 0.243 e. The number of imidazole rings is 2. The molecule has 2 rings (SSSR count). The molecule has 0 aromatic carbocycles. The molecule has 0 atom stereocenters. The van der Waals surface area contributed by atoms with Crippen LogP contribution in [0.1, 0.15) is 46.5 Å². The van der Waals surface area contributed by atoms with Gasteiger partial charge < -0.3 is 20.3 Å². The second-order valence-electron chi connectivity index (χ2n) is 6.14. The highest BCUT2D eigenvalue weighted by molar-refractivity contribution is 5.60. The third kappa shape index (κ3) is 20.9. The number of nitrogens with zero attached hydrogens (tertiary/aromatic N) is 7. The van der Waals surface area contributed by atoms with Gasteiger partial charge >= 0.3 is 0 Å². The number of aromatic nitrogens is 4. The summed E-state index contributed by atoms with van der Waals surface area (Å²) in [5, 5.41) is 23.7. The summed E-state index contributed by atoms with van der Waals surface area (Å²) in [6.07, 6.45) is 18.9. The summed E-state index contributed by atoms with van der Waals surface area (Å²) in [6.45, 7) is 7.70. The van der Waals surface area contributed by atoms with Crippen molar-refractivity contribution in [1.82, 2.24) is 9.13 Å². The molecule has 0 bridgehead atoms. The fourth-order valence-electron chi connectivity index (χ4n) is 1.97. The minimum absolute atomic E-state index is 0.972. The van der Waals surface area contributed by atoms with Crippen LogP contribution in [0.15, 0.2) is 42.4 Å². The highest BCUT2D eigenvalue weighted by atomic mass is 16.4. The minimum atomic E-state index is -1.08. The molecule has 0 saturated heterocycles. The Labute approximate surface area is 173 Å². The topological polar surface area (TPSA) is 116 Å². The van der Waals surface area contributed by atoms with E-state index in [0.717, 1.165) is 20.0 Å². The third-order valence-electron chi connectivity index (χ3n) is 3.29. The van der Waals surface area contributed by atoms with Crippen molar-refractivity contribution in [2.45, 2.75) is 59.5 Å². The van der Waals surface area contributed by atoms with Crippen molar-refractivity contribution in [3.8, 4) is 6.19 Å². The van der Waals surface area contributed by atoms with Crippen LogP contribution < -0.4 is 14.2 Å². The van der Waals surface area contributed by atoms with E-state index in [4.69, 9.17) is 20.6 Å². The fourth-order valence-corrected chi connectivity index (χ4v) is 1.97. The van der Waals surface area contributed by atoms with E-state index in [1.165, 1.54) is 37.9 Å². The van der Waals surface area contributed by atoms with E-state index in [-0.39, 0.29) is 0 Å². The lowest BCUT2D eigenvalue weighted by molar-refractivity contribution is -0.671. The number of carboxylic acids is 1. The van der Waals surface area contributed by atoms with Crippen LogP contribution in [0, 0.1) is 11.5 Å². The molecule has 0 radical (unpaired) electrons. The van der Waals surface area contributed by atoms with Crippen molar-refractivity contribution in [2.24, 2.45) is 19.1 Å². The molecule has 9 heteroatoms. The molecule has 0 unspecified atom stereocenters. The van der Waals surface area contributed by atoms with Crippen molar-refractivity contribution in [1.29, 1.82) is 5.26 Å². The van der Waals surface area contributed by atoms with Crippen molar-refractivity contribution in [2.75, 3.05) is 0 Å². The number of hydrogen-bond donors (Lipinski definition) is 0. The van der Waals surface area contributed by atoms with Crippen LogP contribution in [0.25, 0.3) is 5.41 Å². The predicted molar refractivity (Wildman–Crippen MR) is 108 cm³/mol. The van der Waals surface area contributed by atoms with Gasteiger partial charge in [0.15, 0.2) is 0 Å². The van der Waals surface area contributed by atoms with E-state index in [1.54, 1.807) is 0 Å². The maximum absolute atomic E-state index is 8.89. The molecule has 29 heavy (non-hydrogen) atoms. The van der Waals surface area contributed by atoms with E-state index in [0.29, 0.717) is 0 Å². The fraction of sp³-hybridized carbons (Fsp3) is 0.550. The van der Waals surface area contributed by atoms with Crippen LogP contribution in [0.2, 0.25) is 0 Å². The number of hydrogen-bond acceptors (Lipinski definition) is 4. The lowest BCUT2D eigenvalue weighted by atomic mass is 10.3. The molecule has 2 heterocycles. The summed E-state index contributed by atoms with van der Waals surface area (Å²) < 4.78 is 8.55. The molecular formula is C20H33N7O2. The third-order valence-corrected chi connectivity index (χ3v) is 3.29. The van der Waals surface area contributed by atoms with Gasteiger partial charge in [0.05, 0.1) is 33.4 Å². The Bertz CT molecular complexity index is 705. The van der Waals surface area contributed by atoms with Gasteiger partial charge in [0.25, 0.3) is 0 Å². The first-order chi connectivity index (χ1) is 13.8. The first-order valence-corrected chi connectivity index (χ1v) is 9.48. The van der Waals surface area contributed by atoms with Gasteiger partial charge in [0, 0.05) is 5.97 Å². The van der Waals surface area contributed by atoms with E-state index in [2.05, 4.69) is 74.6 Å². The van der Waals surface area contributed by atoms with Gasteiger partial charge in [0.2, 0.25) is 12.7 Å². The first-order valence-electron chi connectivity index (χ1n) is 9.48. The molecule has 0 aliphatic rings. The SMILES string of the molecule is CC(=O)[O-].CCCCn1cc[n+](C)c1.CCCCn1cc[n+](C)c1.N#CN=C=[N-]. The first kappa shape index (κ1) is 28.0. The quantitative estimate of drug-likeness (QED) is 0.410. The number of rotatable bonds is 6. The largest absolute Gasteiger partial charge is 0.550 e. The summed E-state index contributed by atoms with van der Waals surface area (Å²) in [5.41, 5.74) is 0. The van der Waals surface area contributed by atoms with Crippen molar-refractivity contribution in [3.05, 3.63) is 42.9 Å². The summed E-state index contributed by atoms with van der Waals surface area (Å²) in [6, 6.07) is 1.28. The van der Waals surface area contributed by atoms with Crippen molar-refractivity contribution in [3.63, 3.8) is 0 Å². The smallest absolute Gasteiger partial charge is 0.243 e. The minimum Gasteiger partial charge on any atom is -0.550 e. The van der Waals surface area contributed by atoms with E-state index < -0.39 is 5.97 Å². The van der Waals surface area contributed by atoms with Gasteiger partial charge in [-0.05, 0) is 19.8 Å². The zero-order chi connectivity index (χ0) is 22.5. The van der Waals surface area contributed by atoms with Crippen LogP contribution >= 0.6 is 0 Å². The molecule has 2 aromatic heterocycles. The normalized spacial score (nSPS) is 8.55. The molecule has 9 nitrogen and oxygen atoms in total. The number of carbonyl (C=O) groups excluding carboxylic acids is 1. The average Bonchev–Trinajstić information content (AvgIpc) is 3.27. The molecule has 160 valence electrons. The Hall–Kier alpha value is -3.24. The van der Waals surface area contributed by atoms with Gasteiger partial charge in [-0.3, -0.25) is 0 Å². The number of carboxylic acid groups (broad SMARTS) is 1. The van der Waals surface area contributed by atoms with Crippen molar-refractivity contribution >= 4 is 12.0 Å². The second-order valence-corrected chi connectivity index (χ2v) is 6.14. The molecule has 0 aliphatic heterocycles. The Morgan fingerprint density at radius 2 is 1.45 bits per heavy atom. The highest BCUT2D eigenvalue weighted by Gasteiger charge is 1.97. The van der Waals surface area contributed by atoms with Gasteiger partial charge in [-0.2, -0.15) is 5.26 Å². The summed E-state index contributed by atoms with van der Waals surface area (Å²) in [7, 11) is 4.09. The van der Waals surface area contributed by atoms with Gasteiger partial charge in [-0.15, -0.1) is 6.01 Å². The zero-order valence-electron chi connectivity index (χ0n) is 18.2. The second kappa shape index (κ2) is 19.5. The monoisotopic (exact) mass is 403 g/mol. The number of aliphatic imine (C=N–C) groups is 1. The molecular weight excluding hydrogens is 370 g/mol. The number of carbonyl (C=O) groups is 1. The van der Waals surface area contributed by atoms with Crippen LogP contribution in [-0.4, -0.2) is 21.1 Å². The Morgan fingerprint density at radius 1 is 1.07 bits per heavy atom. The molecule has 0 saturated carbocycles. The highest BCUT2D eigenvalue weighted by Crippen LogP contribution is 1.92. The Morgan fingerprint density at radius 3 is 1.62 bits per heavy atom. The predicted octanol–water partition coefficient (Wildman–Crippen LogP) is 1.19. The molecule has 2 aromatic rings. The zero-order valence-corrected chi connectivity index (χ0v) is 18.2. The number of aryl methyl sites for hydroxylation is 4. The molecule has 0 spiro atoms. The van der Waals surface area contributed by atoms with Crippen LogP contribution in [0.5, 0.6) is 0 Å². The molecule has 0 aliphatic carbocycles. The molecule has 0 fully saturated rings. The van der Waals surface area contributed by atoms with E-state index in [9.17, 15) is 0 Å². The van der Waals surface area contributed by atoms with E-state index >= 15 is 0 Å². The average molecular weight is 404 g/mol.